The van der Waals surface area contributed by atoms with Gasteiger partial charge in [-0.15, -0.1) is 11.3 Å². The minimum atomic E-state index is -3.72. The van der Waals surface area contributed by atoms with Crippen molar-refractivity contribution in [2.45, 2.75) is 30.8 Å². The van der Waals surface area contributed by atoms with E-state index in [1.165, 1.54) is 23.5 Å². The van der Waals surface area contributed by atoms with Crippen molar-refractivity contribution in [3.8, 4) is 11.3 Å². The number of nitrogens with zero attached hydrogens (tertiary/aromatic N) is 3. The van der Waals surface area contributed by atoms with Gasteiger partial charge in [-0.3, -0.25) is 0 Å². The lowest BCUT2D eigenvalue weighted by atomic mass is 9.93. The van der Waals surface area contributed by atoms with Crippen LogP contribution in [-0.2, 0) is 21.4 Å². The van der Waals surface area contributed by atoms with Crippen molar-refractivity contribution in [1.82, 2.24) is 15.3 Å². The van der Waals surface area contributed by atoms with Crippen LogP contribution in [-0.4, -0.2) is 44.1 Å². The molecule has 0 atom stereocenters. The second-order valence-corrected chi connectivity index (χ2v) is 10.4. The van der Waals surface area contributed by atoms with Crippen molar-refractivity contribution >= 4 is 33.3 Å². The van der Waals surface area contributed by atoms with Crippen molar-refractivity contribution in [2.24, 2.45) is 11.1 Å². The number of primary sulfonamides is 1. The van der Waals surface area contributed by atoms with Crippen molar-refractivity contribution < 1.29 is 17.9 Å². The van der Waals surface area contributed by atoms with E-state index in [9.17, 15) is 13.2 Å². The third-order valence-corrected chi connectivity index (χ3v) is 7.37. The molecule has 0 radical (unpaired) electrons. The predicted molar refractivity (Wildman–Crippen MR) is 131 cm³/mol. The van der Waals surface area contributed by atoms with E-state index >= 15 is 0 Å². The van der Waals surface area contributed by atoms with Crippen LogP contribution in [0.2, 0.25) is 0 Å². The Balaban J connectivity index is 1.24. The summed E-state index contributed by atoms with van der Waals surface area (Å²) in [7, 11) is -3.72. The van der Waals surface area contributed by atoms with E-state index in [2.05, 4.69) is 15.2 Å². The molecule has 34 heavy (non-hydrogen) atoms. The van der Waals surface area contributed by atoms with Crippen LogP contribution in [0.25, 0.3) is 11.3 Å². The number of amides is 1. The standard InChI is InChI=1S/C23H27N5O4S2/c24-34(30,31)20-6-4-18(5-7-20)21-2-1-3-22(27-21)28-12-9-17(10-13-28)8-11-25-23(29)32-14-19-15-33-16-26-19/h1-7,15-17H,8-14H2,(H,25,29)(H2,24,30,31). The lowest BCUT2D eigenvalue weighted by molar-refractivity contribution is 0.137. The van der Waals surface area contributed by atoms with Gasteiger partial charge in [0.1, 0.15) is 12.4 Å². The van der Waals surface area contributed by atoms with Crippen molar-refractivity contribution in [1.29, 1.82) is 0 Å². The smallest absolute Gasteiger partial charge is 0.407 e. The second kappa shape index (κ2) is 10.9. The van der Waals surface area contributed by atoms with Crippen LogP contribution in [0.1, 0.15) is 25.0 Å². The van der Waals surface area contributed by atoms with Gasteiger partial charge in [-0.25, -0.2) is 28.3 Å². The molecule has 0 aliphatic carbocycles. The highest BCUT2D eigenvalue weighted by atomic mass is 32.2. The molecule has 1 aliphatic heterocycles. The highest BCUT2D eigenvalue weighted by molar-refractivity contribution is 7.89. The number of nitrogens with two attached hydrogens (primary N) is 1. The molecule has 1 fully saturated rings. The Morgan fingerprint density at radius 2 is 1.94 bits per heavy atom. The van der Waals surface area contributed by atoms with E-state index < -0.39 is 16.1 Å². The average Bonchev–Trinajstić information content (AvgIpc) is 3.37. The lowest BCUT2D eigenvalue weighted by Gasteiger charge is -2.33. The number of hydrogen-bond acceptors (Lipinski definition) is 8. The number of carbonyl (C=O) groups is 1. The number of rotatable bonds is 8. The minimum Gasteiger partial charge on any atom is -0.443 e. The van der Waals surface area contributed by atoms with E-state index in [0.29, 0.717) is 12.5 Å². The number of thiazole rings is 1. The van der Waals surface area contributed by atoms with E-state index in [4.69, 9.17) is 14.9 Å². The number of sulfonamides is 1. The van der Waals surface area contributed by atoms with Gasteiger partial charge in [0.25, 0.3) is 0 Å². The largest absolute Gasteiger partial charge is 0.443 e. The van der Waals surface area contributed by atoms with Gasteiger partial charge in [-0.05, 0) is 49.4 Å². The van der Waals surface area contributed by atoms with Crippen LogP contribution in [0.3, 0.4) is 0 Å². The summed E-state index contributed by atoms with van der Waals surface area (Å²) in [5.74, 6) is 1.43. The molecule has 0 unspecified atom stereocenters. The number of benzene rings is 1. The summed E-state index contributed by atoms with van der Waals surface area (Å²) in [6, 6.07) is 12.3. The van der Waals surface area contributed by atoms with Gasteiger partial charge in [0, 0.05) is 30.6 Å². The summed E-state index contributed by atoms with van der Waals surface area (Å²) in [5, 5.41) is 9.85. The SMILES string of the molecule is NS(=O)(=O)c1ccc(-c2cccc(N3CCC(CCNC(=O)OCc4cscn4)CC3)n2)cc1. The number of nitrogens with one attached hydrogen (secondary N) is 1. The molecular formula is C23H27N5O4S2. The van der Waals surface area contributed by atoms with Gasteiger partial charge in [-0.2, -0.15) is 0 Å². The van der Waals surface area contributed by atoms with Crippen LogP contribution < -0.4 is 15.4 Å². The Morgan fingerprint density at radius 3 is 2.62 bits per heavy atom. The molecule has 1 saturated heterocycles. The molecule has 3 heterocycles. The second-order valence-electron chi connectivity index (χ2n) is 8.15. The molecule has 2 aromatic heterocycles. The first-order valence-corrected chi connectivity index (χ1v) is 13.5. The summed E-state index contributed by atoms with van der Waals surface area (Å²) >= 11 is 1.47. The molecule has 0 bridgehead atoms. The number of anilines is 1. The third kappa shape index (κ3) is 6.52. The summed E-state index contributed by atoms with van der Waals surface area (Å²) in [5.41, 5.74) is 4.08. The molecule has 0 spiro atoms. The van der Waals surface area contributed by atoms with Gasteiger partial charge in [0.05, 0.1) is 21.8 Å². The number of alkyl carbamates (subject to hydrolysis) is 1. The van der Waals surface area contributed by atoms with E-state index in [-0.39, 0.29) is 11.5 Å². The third-order valence-electron chi connectivity index (χ3n) is 5.81. The number of hydrogen-bond donors (Lipinski definition) is 2. The molecule has 180 valence electrons. The minimum absolute atomic E-state index is 0.0803. The zero-order valence-electron chi connectivity index (χ0n) is 18.6. The first-order valence-electron chi connectivity index (χ1n) is 11.0. The van der Waals surface area contributed by atoms with E-state index in [0.717, 1.165) is 55.1 Å². The van der Waals surface area contributed by atoms with Gasteiger partial charge in [0.15, 0.2) is 0 Å². The normalized spacial score (nSPS) is 14.7. The number of carbonyl (C=O) groups excluding carboxylic acids is 1. The first-order chi connectivity index (χ1) is 16.4. The van der Waals surface area contributed by atoms with Crippen molar-refractivity contribution in [3.63, 3.8) is 0 Å². The number of ether oxygens (including phenoxy) is 1. The van der Waals surface area contributed by atoms with Crippen LogP contribution in [0.4, 0.5) is 10.6 Å². The molecule has 1 amide bonds. The zero-order valence-corrected chi connectivity index (χ0v) is 20.2. The summed E-state index contributed by atoms with van der Waals surface area (Å²) < 4.78 is 28.1. The highest BCUT2D eigenvalue weighted by Crippen LogP contribution is 2.26. The summed E-state index contributed by atoms with van der Waals surface area (Å²) in [6.07, 6.45) is 2.53. The Bertz CT molecular complexity index is 1190. The van der Waals surface area contributed by atoms with Gasteiger partial charge in [-0.1, -0.05) is 18.2 Å². The fourth-order valence-electron chi connectivity index (χ4n) is 3.90. The molecule has 1 aliphatic rings. The predicted octanol–water partition coefficient (Wildman–Crippen LogP) is 3.39. The van der Waals surface area contributed by atoms with Gasteiger partial charge in [0.2, 0.25) is 10.0 Å². The molecular weight excluding hydrogens is 474 g/mol. The van der Waals surface area contributed by atoms with E-state index in [1.807, 2.05) is 23.6 Å². The maximum atomic E-state index is 11.8. The molecule has 1 aromatic carbocycles. The quantitative estimate of drug-likeness (QED) is 0.484. The maximum absolute atomic E-state index is 11.8. The molecule has 4 rings (SSSR count). The molecule has 3 aromatic rings. The van der Waals surface area contributed by atoms with Crippen LogP contribution >= 0.6 is 11.3 Å². The molecule has 0 saturated carbocycles. The molecule has 9 nitrogen and oxygen atoms in total. The number of piperidine rings is 1. The van der Waals surface area contributed by atoms with Crippen LogP contribution in [0, 0.1) is 5.92 Å². The van der Waals surface area contributed by atoms with Gasteiger partial charge >= 0.3 is 6.09 Å². The van der Waals surface area contributed by atoms with E-state index in [1.54, 1.807) is 17.6 Å². The van der Waals surface area contributed by atoms with Crippen LogP contribution in [0.15, 0.2) is 58.3 Å². The Labute approximate surface area is 203 Å². The maximum Gasteiger partial charge on any atom is 0.407 e. The van der Waals surface area contributed by atoms with Crippen molar-refractivity contribution in [3.05, 3.63) is 59.0 Å². The topological polar surface area (TPSA) is 128 Å². The Kier molecular flexibility index (Phi) is 7.76. The molecule has 11 heteroatoms. The highest BCUT2D eigenvalue weighted by Gasteiger charge is 2.20. The average molecular weight is 502 g/mol. The Morgan fingerprint density at radius 1 is 1.18 bits per heavy atom. The number of aromatic nitrogens is 2. The zero-order chi connectivity index (χ0) is 24.0. The Hall–Kier alpha value is -3.02. The fraction of sp³-hybridized carbons (Fsp3) is 0.348. The number of pyridine rings is 1. The monoisotopic (exact) mass is 501 g/mol. The van der Waals surface area contributed by atoms with Crippen molar-refractivity contribution in [2.75, 3.05) is 24.5 Å². The van der Waals surface area contributed by atoms with Gasteiger partial charge < -0.3 is 15.0 Å². The lowest BCUT2D eigenvalue weighted by Crippen LogP contribution is -2.35. The molecule has 3 N–H and O–H groups in total. The summed E-state index contributed by atoms with van der Waals surface area (Å²) in [4.78, 5) is 23.0. The van der Waals surface area contributed by atoms with Crippen LogP contribution in [0.5, 0.6) is 0 Å². The summed E-state index contributed by atoms with van der Waals surface area (Å²) in [6.45, 7) is 2.55. The first kappa shape index (κ1) is 24.1. The fourth-order valence-corrected chi connectivity index (χ4v) is 4.96.